The van der Waals surface area contributed by atoms with Crippen molar-refractivity contribution >= 4 is 27.3 Å². The van der Waals surface area contributed by atoms with Gasteiger partial charge in [-0.1, -0.05) is 31.2 Å². The number of benzene rings is 2. The summed E-state index contributed by atoms with van der Waals surface area (Å²) in [6.07, 6.45) is 0.540. The van der Waals surface area contributed by atoms with Gasteiger partial charge in [0.25, 0.3) is 5.91 Å². The van der Waals surface area contributed by atoms with Crippen molar-refractivity contribution in [3.63, 3.8) is 0 Å². The Labute approximate surface area is 143 Å². The second-order valence-electron chi connectivity index (χ2n) is 5.67. The van der Waals surface area contributed by atoms with Gasteiger partial charge >= 0.3 is 0 Å². The van der Waals surface area contributed by atoms with Crippen molar-refractivity contribution in [1.29, 1.82) is 0 Å². The summed E-state index contributed by atoms with van der Waals surface area (Å²) < 4.78 is 26.5. The molecule has 6 heteroatoms. The van der Waals surface area contributed by atoms with Crippen LogP contribution in [0.1, 0.15) is 34.8 Å². The van der Waals surface area contributed by atoms with E-state index in [0.29, 0.717) is 28.9 Å². The van der Waals surface area contributed by atoms with Gasteiger partial charge in [0.2, 0.25) is 10.0 Å². The van der Waals surface area contributed by atoms with Crippen LogP contribution in [-0.2, 0) is 10.0 Å². The van der Waals surface area contributed by atoms with Crippen LogP contribution in [0.25, 0.3) is 0 Å². The molecule has 0 bridgehead atoms. The van der Waals surface area contributed by atoms with E-state index in [9.17, 15) is 13.2 Å². The minimum Gasteiger partial charge on any atom is -0.322 e. The Morgan fingerprint density at radius 2 is 1.67 bits per heavy atom. The van der Waals surface area contributed by atoms with Crippen molar-refractivity contribution in [2.75, 3.05) is 15.8 Å². The van der Waals surface area contributed by atoms with Gasteiger partial charge in [-0.3, -0.25) is 9.52 Å². The summed E-state index contributed by atoms with van der Waals surface area (Å²) in [6.45, 7) is 5.46. The largest absolute Gasteiger partial charge is 0.322 e. The number of sulfonamides is 1. The third-order valence-electron chi connectivity index (χ3n) is 3.71. The summed E-state index contributed by atoms with van der Waals surface area (Å²) in [6, 6.07) is 12.5. The number of hydrogen-bond acceptors (Lipinski definition) is 3. The topological polar surface area (TPSA) is 75.3 Å². The van der Waals surface area contributed by atoms with Gasteiger partial charge in [-0.15, -0.1) is 0 Å². The van der Waals surface area contributed by atoms with Crippen LogP contribution in [0.5, 0.6) is 0 Å². The molecule has 0 spiro atoms. The number of amides is 1. The predicted octanol–water partition coefficient (Wildman–Crippen LogP) is 3.71. The Morgan fingerprint density at radius 3 is 2.33 bits per heavy atom. The normalized spacial score (nSPS) is 11.1. The van der Waals surface area contributed by atoms with E-state index in [2.05, 4.69) is 10.0 Å². The number of carbonyl (C=O) groups is 1. The highest BCUT2D eigenvalue weighted by molar-refractivity contribution is 7.92. The van der Waals surface area contributed by atoms with Crippen molar-refractivity contribution in [2.24, 2.45) is 0 Å². The molecule has 5 nitrogen and oxygen atoms in total. The van der Waals surface area contributed by atoms with E-state index in [0.717, 1.165) is 5.56 Å². The number of anilines is 2. The van der Waals surface area contributed by atoms with Crippen molar-refractivity contribution in [3.8, 4) is 0 Å². The molecule has 0 saturated carbocycles. The lowest BCUT2D eigenvalue weighted by Crippen LogP contribution is -2.18. The Hall–Kier alpha value is -2.34. The maximum atomic E-state index is 12.4. The summed E-state index contributed by atoms with van der Waals surface area (Å²) >= 11 is 0. The molecule has 0 aliphatic heterocycles. The maximum Gasteiger partial charge on any atom is 0.255 e. The minimum absolute atomic E-state index is 0.0617. The summed E-state index contributed by atoms with van der Waals surface area (Å²) in [5, 5.41) is 2.85. The smallest absolute Gasteiger partial charge is 0.255 e. The highest BCUT2D eigenvalue weighted by Gasteiger charge is 2.14. The molecule has 0 atom stereocenters. The molecule has 0 aliphatic rings. The summed E-state index contributed by atoms with van der Waals surface area (Å²) in [4.78, 5) is 12.4. The molecule has 24 heavy (non-hydrogen) atoms. The number of nitrogens with one attached hydrogen (secondary N) is 2. The molecule has 2 aromatic carbocycles. The fourth-order valence-electron chi connectivity index (χ4n) is 2.39. The second kappa shape index (κ2) is 7.49. The predicted molar refractivity (Wildman–Crippen MR) is 98.0 cm³/mol. The highest BCUT2D eigenvalue weighted by atomic mass is 32.2. The highest BCUT2D eigenvalue weighted by Crippen LogP contribution is 2.25. The third kappa shape index (κ3) is 4.35. The quantitative estimate of drug-likeness (QED) is 0.837. The Kier molecular flexibility index (Phi) is 5.62. The molecule has 1 amide bonds. The molecule has 0 fully saturated rings. The van der Waals surface area contributed by atoms with Crippen LogP contribution in [0.3, 0.4) is 0 Å². The van der Waals surface area contributed by atoms with Gasteiger partial charge in [0.15, 0.2) is 0 Å². The lowest BCUT2D eigenvalue weighted by molar-refractivity contribution is 0.102. The van der Waals surface area contributed by atoms with Crippen LogP contribution >= 0.6 is 0 Å². The molecule has 2 aromatic rings. The molecule has 128 valence electrons. The minimum atomic E-state index is -3.37. The Balaban J connectivity index is 2.25. The van der Waals surface area contributed by atoms with Crippen molar-refractivity contribution in [1.82, 2.24) is 0 Å². The number of hydrogen-bond donors (Lipinski definition) is 2. The van der Waals surface area contributed by atoms with Crippen LogP contribution in [0.2, 0.25) is 0 Å². The fourth-order valence-corrected chi connectivity index (χ4v) is 3.58. The molecule has 2 N–H and O–H groups in total. The van der Waals surface area contributed by atoms with Gasteiger partial charge in [-0.25, -0.2) is 8.42 Å². The molecule has 0 saturated heterocycles. The van der Waals surface area contributed by atoms with E-state index in [1.165, 1.54) is 0 Å². The standard InChI is InChI=1S/C18H22N2O3S/c1-4-12-24(22,23)20-17-11-7-10-16(14(17)3)19-18(21)15-9-6-5-8-13(15)2/h5-11,20H,4,12H2,1-3H3,(H,19,21). The zero-order chi connectivity index (χ0) is 17.7. The van der Waals surface area contributed by atoms with Gasteiger partial charge < -0.3 is 5.32 Å². The van der Waals surface area contributed by atoms with E-state index in [1.807, 2.05) is 32.0 Å². The second-order valence-corrected chi connectivity index (χ2v) is 7.51. The zero-order valence-corrected chi connectivity index (χ0v) is 14.9. The van der Waals surface area contributed by atoms with E-state index < -0.39 is 10.0 Å². The van der Waals surface area contributed by atoms with Gasteiger partial charge in [0.1, 0.15) is 0 Å². The van der Waals surface area contributed by atoms with Crippen LogP contribution in [0.4, 0.5) is 11.4 Å². The van der Waals surface area contributed by atoms with Gasteiger partial charge in [0, 0.05) is 11.3 Å². The lowest BCUT2D eigenvalue weighted by atomic mass is 10.1. The monoisotopic (exact) mass is 346 g/mol. The van der Waals surface area contributed by atoms with Gasteiger partial charge in [0.05, 0.1) is 11.4 Å². The van der Waals surface area contributed by atoms with Gasteiger partial charge in [-0.05, 0) is 49.6 Å². The molecule has 2 rings (SSSR count). The molecule has 0 heterocycles. The molecular formula is C18H22N2O3S. The van der Waals surface area contributed by atoms with Gasteiger partial charge in [-0.2, -0.15) is 0 Å². The van der Waals surface area contributed by atoms with E-state index in [-0.39, 0.29) is 11.7 Å². The number of rotatable bonds is 6. The van der Waals surface area contributed by atoms with Crippen molar-refractivity contribution in [3.05, 3.63) is 59.2 Å². The average Bonchev–Trinajstić information content (AvgIpc) is 2.51. The van der Waals surface area contributed by atoms with Crippen LogP contribution in [0.15, 0.2) is 42.5 Å². The summed E-state index contributed by atoms with van der Waals surface area (Å²) in [5.74, 6) is -0.156. The van der Waals surface area contributed by atoms with Crippen molar-refractivity contribution in [2.45, 2.75) is 27.2 Å². The van der Waals surface area contributed by atoms with E-state index in [1.54, 1.807) is 31.2 Å². The Morgan fingerprint density at radius 1 is 1.00 bits per heavy atom. The maximum absolute atomic E-state index is 12.4. The molecule has 0 radical (unpaired) electrons. The fraction of sp³-hybridized carbons (Fsp3) is 0.278. The number of aryl methyl sites for hydroxylation is 1. The first-order valence-corrected chi connectivity index (χ1v) is 9.46. The molecule has 0 aliphatic carbocycles. The molecule has 0 unspecified atom stereocenters. The Bertz CT molecular complexity index is 845. The first kappa shape index (κ1) is 18.0. The van der Waals surface area contributed by atoms with E-state index in [4.69, 9.17) is 0 Å². The zero-order valence-electron chi connectivity index (χ0n) is 14.1. The van der Waals surface area contributed by atoms with Crippen LogP contribution < -0.4 is 10.0 Å². The lowest BCUT2D eigenvalue weighted by Gasteiger charge is -2.14. The average molecular weight is 346 g/mol. The van der Waals surface area contributed by atoms with Crippen LogP contribution in [-0.4, -0.2) is 20.1 Å². The van der Waals surface area contributed by atoms with Crippen LogP contribution in [0, 0.1) is 13.8 Å². The van der Waals surface area contributed by atoms with Crippen molar-refractivity contribution < 1.29 is 13.2 Å². The first-order chi connectivity index (χ1) is 11.3. The first-order valence-electron chi connectivity index (χ1n) is 7.81. The third-order valence-corrected chi connectivity index (χ3v) is 5.19. The summed E-state index contributed by atoms with van der Waals surface area (Å²) in [7, 11) is -3.37. The van der Waals surface area contributed by atoms with E-state index >= 15 is 0 Å². The SMILES string of the molecule is CCCS(=O)(=O)Nc1cccc(NC(=O)c2ccccc2C)c1C. The molecular weight excluding hydrogens is 324 g/mol. The molecule has 0 aromatic heterocycles. The number of carbonyl (C=O) groups excluding carboxylic acids is 1. The summed E-state index contributed by atoms with van der Waals surface area (Å²) in [5.41, 5.74) is 3.21.